The number of aliphatic hydroxyl groups is 1. The van der Waals surface area contributed by atoms with Gasteiger partial charge in [0.05, 0.1) is 6.61 Å². The minimum atomic E-state index is -0.368. The maximum absolute atomic E-state index is 13.1. The summed E-state index contributed by atoms with van der Waals surface area (Å²) in [5, 5.41) is 9.18. The third-order valence-corrected chi connectivity index (χ3v) is 2.46. The van der Waals surface area contributed by atoms with Crippen LogP contribution in [0.4, 0.5) is 4.39 Å². The summed E-state index contributed by atoms with van der Waals surface area (Å²) in [6.07, 6.45) is 8.29. The van der Waals surface area contributed by atoms with Gasteiger partial charge in [0.25, 0.3) is 0 Å². The molecule has 0 unspecified atom stereocenters. The molecule has 0 amide bonds. The number of nitrogens with zero attached hydrogens (tertiary/aromatic N) is 1. The molecule has 1 rings (SSSR count). The molecule has 3 heteroatoms. The van der Waals surface area contributed by atoms with Gasteiger partial charge in [-0.1, -0.05) is 54.2 Å². The van der Waals surface area contributed by atoms with E-state index >= 15 is 0 Å². The number of hydrogen-bond donors (Lipinski definition) is 1. The molecule has 1 aromatic rings. The van der Waals surface area contributed by atoms with Crippen LogP contribution in [0.1, 0.15) is 59.6 Å². The van der Waals surface area contributed by atoms with Crippen LogP contribution in [-0.4, -0.2) is 10.1 Å². The van der Waals surface area contributed by atoms with Crippen molar-refractivity contribution in [3.05, 3.63) is 65.8 Å². The van der Waals surface area contributed by atoms with Crippen molar-refractivity contribution in [3.8, 4) is 0 Å². The lowest BCUT2D eigenvalue weighted by molar-refractivity contribution is 0.280. The third-order valence-electron chi connectivity index (χ3n) is 2.46. The predicted octanol–water partition coefficient (Wildman–Crippen LogP) is 6.18. The zero-order valence-corrected chi connectivity index (χ0v) is 15.9. The SMILES string of the molecule is C=C/C(F)=C\C(=C/C)Cc1cnccc1CO.CC.CC.CC. The van der Waals surface area contributed by atoms with E-state index in [-0.39, 0.29) is 12.4 Å². The molecule has 23 heavy (non-hydrogen) atoms. The molecular formula is C20H34FNO. The number of hydrogen-bond acceptors (Lipinski definition) is 2. The van der Waals surface area contributed by atoms with Crippen LogP contribution >= 0.6 is 0 Å². The second-order valence-corrected chi connectivity index (χ2v) is 3.58. The van der Waals surface area contributed by atoms with Gasteiger partial charge in [0.1, 0.15) is 5.83 Å². The van der Waals surface area contributed by atoms with Gasteiger partial charge in [0, 0.05) is 12.4 Å². The van der Waals surface area contributed by atoms with E-state index in [0.29, 0.717) is 6.42 Å². The van der Waals surface area contributed by atoms with Crippen molar-refractivity contribution < 1.29 is 9.50 Å². The largest absolute Gasteiger partial charge is 0.392 e. The minimum absolute atomic E-state index is 0.0392. The van der Waals surface area contributed by atoms with Gasteiger partial charge in [0.2, 0.25) is 0 Å². The topological polar surface area (TPSA) is 33.1 Å². The van der Waals surface area contributed by atoms with E-state index in [4.69, 9.17) is 0 Å². The Labute approximate surface area is 142 Å². The third kappa shape index (κ3) is 12.5. The van der Waals surface area contributed by atoms with E-state index in [0.717, 1.165) is 16.7 Å². The van der Waals surface area contributed by atoms with Gasteiger partial charge in [-0.3, -0.25) is 4.98 Å². The maximum atomic E-state index is 13.1. The van der Waals surface area contributed by atoms with Crippen LogP contribution in [0.15, 0.2) is 54.7 Å². The highest BCUT2D eigenvalue weighted by molar-refractivity contribution is 5.33. The Bertz CT molecular complexity index is 451. The van der Waals surface area contributed by atoms with Crippen molar-refractivity contribution in [1.82, 2.24) is 4.98 Å². The monoisotopic (exact) mass is 323 g/mol. The van der Waals surface area contributed by atoms with Crippen LogP contribution in [0.3, 0.4) is 0 Å². The highest BCUT2D eigenvalue weighted by atomic mass is 19.1. The van der Waals surface area contributed by atoms with E-state index in [1.807, 2.05) is 54.5 Å². The van der Waals surface area contributed by atoms with Gasteiger partial charge in [-0.05, 0) is 48.3 Å². The van der Waals surface area contributed by atoms with Crippen LogP contribution in [-0.2, 0) is 13.0 Å². The molecule has 0 saturated heterocycles. The first-order valence-electron chi connectivity index (χ1n) is 8.38. The van der Waals surface area contributed by atoms with Crippen molar-refractivity contribution in [2.75, 3.05) is 0 Å². The average molecular weight is 323 g/mol. The van der Waals surface area contributed by atoms with Crippen molar-refractivity contribution >= 4 is 0 Å². The molecule has 1 N–H and O–H groups in total. The van der Waals surface area contributed by atoms with Crippen molar-refractivity contribution in [3.63, 3.8) is 0 Å². The maximum Gasteiger partial charge on any atom is 0.122 e. The number of allylic oxidation sites excluding steroid dienone is 5. The number of rotatable bonds is 5. The molecule has 0 spiro atoms. The van der Waals surface area contributed by atoms with Crippen LogP contribution in [0, 0.1) is 0 Å². The summed E-state index contributed by atoms with van der Waals surface area (Å²) in [6, 6.07) is 1.76. The number of pyridine rings is 1. The van der Waals surface area contributed by atoms with Gasteiger partial charge in [0.15, 0.2) is 0 Å². The van der Waals surface area contributed by atoms with E-state index in [1.165, 1.54) is 12.2 Å². The predicted molar refractivity (Wildman–Crippen MR) is 101 cm³/mol. The van der Waals surface area contributed by atoms with Crippen molar-refractivity contribution in [2.45, 2.75) is 61.5 Å². The van der Waals surface area contributed by atoms with Crippen molar-refractivity contribution in [2.24, 2.45) is 0 Å². The van der Waals surface area contributed by atoms with E-state index < -0.39 is 0 Å². The number of halogens is 1. The van der Waals surface area contributed by atoms with Gasteiger partial charge < -0.3 is 5.11 Å². The molecule has 1 heterocycles. The zero-order valence-electron chi connectivity index (χ0n) is 15.9. The second kappa shape index (κ2) is 20.3. The molecule has 0 fully saturated rings. The molecule has 0 aromatic carbocycles. The molecule has 132 valence electrons. The lowest BCUT2D eigenvalue weighted by Crippen LogP contribution is -1.97. The highest BCUT2D eigenvalue weighted by Gasteiger charge is 2.03. The quantitative estimate of drug-likeness (QED) is 0.656. The Hall–Kier alpha value is -1.74. The summed E-state index contributed by atoms with van der Waals surface area (Å²) in [6.45, 7) is 17.2. The molecule has 0 aliphatic carbocycles. The Morgan fingerprint density at radius 2 is 1.74 bits per heavy atom. The fraction of sp³-hybridized carbons (Fsp3) is 0.450. The van der Waals surface area contributed by atoms with Crippen molar-refractivity contribution in [1.29, 1.82) is 0 Å². The number of aromatic nitrogens is 1. The molecule has 0 atom stereocenters. The summed E-state index contributed by atoms with van der Waals surface area (Å²) in [5.41, 5.74) is 2.54. The smallest absolute Gasteiger partial charge is 0.122 e. The molecular weight excluding hydrogens is 289 g/mol. The normalized spacial score (nSPS) is 10.1. The fourth-order valence-electron chi connectivity index (χ4n) is 1.46. The standard InChI is InChI=1S/C14H16FNO.3C2H6/c1-3-11(8-14(15)4-2)7-13-9-16-6-5-12(13)10-17;3*1-2/h3-6,8-9,17H,2,7,10H2,1H3;3*1-2H3/b11-3-,14-8+;;;. The van der Waals surface area contributed by atoms with Gasteiger partial charge in [-0.2, -0.15) is 0 Å². The van der Waals surface area contributed by atoms with Gasteiger partial charge in [-0.25, -0.2) is 4.39 Å². The van der Waals surface area contributed by atoms with Crippen LogP contribution < -0.4 is 0 Å². The Morgan fingerprint density at radius 3 is 2.17 bits per heavy atom. The molecule has 0 aliphatic rings. The van der Waals surface area contributed by atoms with Crippen LogP contribution in [0.25, 0.3) is 0 Å². The Morgan fingerprint density at radius 1 is 1.17 bits per heavy atom. The first kappa shape index (κ1) is 26.2. The molecule has 0 bridgehead atoms. The van der Waals surface area contributed by atoms with E-state index in [9.17, 15) is 9.50 Å². The summed E-state index contributed by atoms with van der Waals surface area (Å²) < 4.78 is 13.1. The number of aliphatic hydroxyl groups excluding tert-OH is 1. The molecule has 0 saturated carbocycles. The first-order chi connectivity index (χ1) is 11.2. The molecule has 1 aromatic heterocycles. The first-order valence-corrected chi connectivity index (χ1v) is 8.38. The summed E-state index contributed by atoms with van der Waals surface area (Å²) in [4.78, 5) is 4.01. The van der Waals surface area contributed by atoms with Gasteiger partial charge >= 0.3 is 0 Å². The van der Waals surface area contributed by atoms with E-state index in [1.54, 1.807) is 18.5 Å². The molecule has 0 aliphatic heterocycles. The van der Waals surface area contributed by atoms with Crippen LogP contribution in [0.2, 0.25) is 0 Å². The molecule has 0 radical (unpaired) electrons. The lowest BCUT2D eigenvalue weighted by Gasteiger charge is -2.07. The second-order valence-electron chi connectivity index (χ2n) is 3.58. The molecule has 2 nitrogen and oxygen atoms in total. The van der Waals surface area contributed by atoms with E-state index in [2.05, 4.69) is 11.6 Å². The Balaban J connectivity index is -0.000000595. The highest BCUT2D eigenvalue weighted by Crippen LogP contribution is 2.15. The Kier molecular flexibility index (Phi) is 23.1. The summed E-state index contributed by atoms with van der Waals surface area (Å²) >= 11 is 0. The van der Waals surface area contributed by atoms with Crippen LogP contribution in [0.5, 0.6) is 0 Å². The lowest BCUT2D eigenvalue weighted by atomic mass is 10.0. The fourth-order valence-corrected chi connectivity index (χ4v) is 1.46. The average Bonchev–Trinajstić information content (AvgIpc) is 2.66. The minimum Gasteiger partial charge on any atom is -0.392 e. The summed E-state index contributed by atoms with van der Waals surface area (Å²) in [7, 11) is 0. The summed E-state index contributed by atoms with van der Waals surface area (Å²) in [5.74, 6) is -0.368. The zero-order chi connectivity index (χ0) is 18.7. The van der Waals surface area contributed by atoms with Gasteiger partial charge in [-0.15, -0.1) is 0 Å².